The molecule has 0 bridgehead atoms. The molecule has 0 amide bonds. The summed E-state index contributed by atoms with van der Waals surface area (Å²) < 4.78 is 11.3. The Morgan fingerprint density at radius 3 is 2.47 bits per heavy atom. The van der Waals surface area contributed by atoms with Gasteiger partial charge in [-0.3, -0.25) is 0 Å². The number of hydrogen-bond acceptors (Lipinski definition) is 3. The molecule has 106 valence electrons. The lowest BCUT2D eigenvalue weighted by molar-refractivity contribution is -0.0689. The van der Waals surface area contributed by atoms with Crippen LogP contribution in [0.2, 0.25) is 0 Å². The zero-order valence-electron chi connectivity index (χ0n) is 12.1. The lowest BCUT2D eigenvalue weighted by Crippen LogP contribution is -2.46. The van der Waals surface area contributed by atoms with Crippen LogP contribution in [0.4, 0.5) is 0 Å². The zero-order chi connectivity index (χ0) is 13.9. The molecule has 0 radical (unpaired) electrons. The van der Waals surface area contributed by atoms with Crippen molar-refractivity contribution < 1.29 is 14.6 Å². The van der Waals surface area contributed by atoms with Crippen LogP contribution in [0.25, 0.3) is 0 Å². The van der Waals surface area contributed by atoms with Crippen LogP contribution in [0.1, 0.15) is 40.0 Å². The average molecular weight is 264 g/mol. The van der Waals surface area contributed by atoms with Gasteiger partial charge >= 0.3 is 0 Å². The molecule has 1 aromatic rings. The van der Waals surface area contributed by atoms with Crippen molar-refractivity contribution in [2.45, 2.75) is 52.2 Å². The molecule has 3 heteroatoms. The third-order valence-electron chi connectivity index (χ3n) is 3.88. The summed E-state index contributed by atoms with van der Waals surface area (Å²) in [6, 6.07) is 7.61. The van der Waals surface area contributed by atoms with E-state index in [4.69, 9.17) is 9.47 Å². The molecule has 1 saturated carbocycles. The first-order valence-corrected chi connectivity index (χ1v) is 7.10. The molecule has 0 saturated heterocycles. The summed E-state index contributed by atoms with van der Waals surface area (Å²) in [6.45, 7) is 6.83. The molecule has 1 N–H and O–H groups in total. The molecular weight excluding hydrogens is 240 g/mol. The highest BCUT2D eigenvalue weighted by Crippen LogP contribution is 2.37. The molecule has 0 aromatic heterocycles. The van der Waals surface area contributed by atoms with Crippen molar-refractivity contribution in [3.63, 3.8) is 0 Å². The Balaban J connectivity index is 2.00. The maximum atomic E-state index is 10.3. The van der Waals surface area contributed by atoms with E-state index in [1.807, 2.05) is 31.2 Å². The zero-order valence-corrected chi connectivity index (χ0v) is 12.1. The molecule has 1 aromatic carbocycles. The van der Waals surface area contributed by atoms with E-state index in [0.717, 1.165) is 30.8 Å². The van der Waals surface area contributed by atoms with Crippen LogP contribution in [0.3, 0.4) is 0 Å². The van der Waals surface area contributed by atoms with Crippen molar-refractivity contribution in [2.24, 2.45) is 5.41 Å². The highest BCUT2D eigenvalue weighted by molar-refractivity contribution is 5.31. The Kier molecular flexibility index (Phi) is 4.35. The minimum Gasteiger partial charge on any atom is -0.494 e. The number of aliphatic hydroxyl groups excluding tert-OH is 1. The summed E-state index contributed by atoms with van der Waals surface area (Å²) >= 11 is 0. The number of aliphatic hydroxyl groups is 1. The predicted octanol–water partition coefficient (Wildman–Crippen LogP) is 3.40. The van der Waals surface area contributed by atoms with Crippen LogP contribution >= 0.6 is 0 Å². The van der Waals surface area contributed by atoms with E-state index in [1.54, 1.807) is 0 Å². The van der Waals surface area contributed by atoms with Gasteiger partial charge in [0.1, 0.15) is 17.6 Å². The molecule has 1 aliphatic carbocycles. The maximum Gasteiger partial charge on any atom is 0.125 e. The molecule has 1 fully saturated rings. The third-order valence-corrected chi connectivity index (χ3v) is 3.88. The van der Waals surface area contributed by atoms with Gasteiger partial charge < -0.3 is 14.6 Å². The van der Waals surface area contributed by atoms with Crippen LogP contribution in [-0.4, -0.2) is 23.9 Å². The second-order valence-corrected chi connectivity index (χ2v) is 5.89. The number of hydrogen-bond donors (Lipinski definition) is 1. The van der Waals surface area contributed by atoms with Gasteiger partial charge in [0, 0.05) is 0 Å². The molecule has 2 unspecified atom stereocenters. The van der Waals surface area contributed by atoms with Crippen molar-refractivity contribution in [3.05, 3.63) is 24.3 Å². The lowest BCUT2D eigenvalue weighted by Gasteiger charge is -2.40. The normalized spacial score (nSPS) is 25.9. The number of rotatable bonds is 4. The summed E-state index contributed by atoms with van der Waals surface area (Å²) in [5.41, 5.74) is -0.0613. The standard InChI is InChI=1S/C16H24O3/c1-4-18-12-7-9-13(10-8-12)19-14-6-5-11-16(2,3)15(14)17/h7-10,14-15,17H,4-6,11H2,1-3H3. The maximum absolute atomic E-state index is 10.3. The number of ether oxygens (including phenoxy) is 2. The Bertz CT molecular complexity index is 397. The Morgan fingerprint density at radius 2 is 1.84 bits per heavy atom. The van der Waals surface area contributed by atoms with Crippen LogP contribution in [0.5, 0.6) is 11.5 Å². The van der Waals surface area contributed by atoms with Crippen molar-refractivity contribution in [2.75, 3.05) is 6.61 Å². The van der Waals surface area contributed by atoms with E-state index in [9.17, 15) is 5.11 Å². The van der Waals surface area contributed by atoms with Crippen molar-refractivity contribution in [1.82, 2.24) is 0 Å². The van der Waals surface area contributed by atoms with E-state index in [2.05, 4.69) is 13.8 Å². The quantitative estimate of drug-likeness (QED) is 0.905. The minimum atomic E-state index is -0.409. The first-order valence-electron chi connectivity index (χ1n) is 7.10. The van der Waals surface area contributed by atoms with Gasteiger partial charge in [0.05, 0.1) is 12.7 Å². The summed E-state index contributed by atoms with van der Waals surface area (Å²) in [5, 5.41) is 10.3. The van der Waals surface area contributed by atoms with Crippen LogP contribution < -0.4 is 9.47 Å². The third kappa shape index (κ3) is 3.41. The fraction of sp³-hybridized carbons (Fsp3) is 0.625. The second-order valence-electron chi connectivity index (χ2n) is 5.89. The molecule has 0 aliphatic heterocycles. The van der Waals surface area contributed by atoms with Crippen molar-refractivity contribution in [3.8, 4) is 11.5 Å². The highest BCUT2D eigenvalue weighted by atomic mass is 16.5. The van der Waals surface area contributed by atoms with Crippen LogP contribution in [0, 0.1) is 5.41 Å². The molecule has 1 aliphatic rings. The van der Waals surface area contributed by atoms with Gasteiger partial charge in [0.25, 0.3) is 0 Å². The van der Waals surface area contributed by atoms with Crippen LogP contribution in [-0.2, 0) is 0 Å². The summed E-state index contributed by atoms with van der Waals surface area (Å²) in [7, 11) is 0. The van der Waals surface area contributed by atoms with Gasteiger partial charge in [-0.25, -0.2) is 0 Å². The van der Waals surface area contributed by atoms with Crippen molar-refractivity contribution >= 4 is 0 Å². The molecule has 0 heterocycles. The Hall–Kier alpha value is -1.22. The SMILES string of the molecule is CCOc1ccc(OC2CCCC(C)(C)C2O)cc1. The Labute approximate surface area is 115 Å². The van der Waals surface area contributed by atoms with Crippen LogP contribution in [0.15, 0.2) is 24.3 Å². The first kappa shape index (κ1) is 14.2. The molecular formula is C16H24O3. The smallest absolute Gasteiger partial charge is 0.125 e. The van der Waals surface area contributed by atoms with E-state index >= 15 is 0 Å². The van der Waals surface area contributed by atoms with E-state index in [0.29, 0.717) is 6.61 Å². The van der Waals surface area contributed by atoms with Crippen molar-refractivity contribution in [1.29, 1.82) is 0 Å². The van der Waals surface area contributed by atoms with Gasteiger partial charge in [-0.2, -0.15) is 0 Å². The van der Waals surface area contributed by atoms with Gasteiger partial charge in [-0.15, -0.1) is 0 Å². The van der Waals surface area contributed by atoms with Gasteiger partial charge in [-0.05, 0) is 55.9 Å². The van der Waals surface area contributed by atoms with Gasteiger partial charge in [0.2, 0.25) is 0 Å². The summed E-state index contributed by atoms with van der Waals surface area (Å²) in [6.07, 6.45) is 2.55. The summed E-state index contributed by atoms with van der Waals surface area (Å²) in [4.78, 5) is 0. The highest BCUT2D eigenvalue weighted by Gasteiger charge is 2.38. The second kappa shape index (κ2) is 5.83. The average Bonchev–Trinajstić information content (AvgIpc) is 2.38. The molecule has 0 spiro atoms. The molecule has 2 rings (SSSR count). The monoisotopic (exact) mass is 264 g/mol. The molecule has 19 heavy (non-hydrogen) atoms. The van der Waals surface area contributed by atoms with Gasteiger partial charge in [0.15, 0.2) is 0 Å². The van der Waals surface area contributed by atoms with E-state index < -0.39 is 6.10 Å². The van der Waals surface area contributed by atoms with E-state index in [1.165, 1.54) is 0 Å². The Morgan fingerprint density at radius 1 is 1.21 bits per heavy atom. The fourth-order valence-electron chi connectivity index (χ4n) is 2.65. The predicted molar refractivity (Wildman–Crippen MR) is 75.7 cm³/mol. The first-order chi connectivity index (χ1) is 9.03. The summed E-state index contributed by atoms with van der Waals surface area (Å²) in [5.74, 6) is 1.64. The fourth-order valence-corrected chi connectivity index (χ4v) is 2.65. The largest absolute Gasteiger partial charge is 0.494 e. The lowest BCUT2D eigenvalue weighted by atomic mass is 9.73. The molecule has 3 nitrogen and oxygen atoms in total. The van der Waals surface area contributed by atoms with E-state index in [-0.39, 0.29) is 11.5 Å². The topological polar surface area (TPSA) is 38.7 Å². The molecule has 2 atom stereocenters. The van der Waals surface area contributed by atoms with Gasteiger partial charge in [-0.1, -0.05) is 13.8 Å². The number of benzene rings is 1. The minimum absolute atomic E-state index is 0.0613.